The maximum Gasteiger partial charge on any atom is 0.165 e. The highest BCUT2D eigenvalue weighted by atomic mass is 35.5. The highest BCUT2D eigenvalue weighted by Crippen LogP contribution is 2.13. The van der Waals surface area contributed by atoms with Crippen molar-refractivity contribution in [3.63, 3.8) is 0 Å². The molecule has 98 valence electrons. The van der Waals surface area contributed by atoms with E-state index in [1.165, 1.54) is 0 Å². The van der Waals surface area contributed by atoms with Gasteiger partial charge < -0.3 is 5.11 Å². The van der Waals surface area contributed by atoms with Crippen LogP contribution in [-0.4, -0.2) is 17.0 Å². The fraction of sp³-hybridized carbons (Fsp3) is 0.188. The molecule has 0 aliphatic rings. The van der Waals surface area contributed by atoms with E-state index in [4.69, 9.17) is 11.6 Å². The van der Waals surface area contributed by atoms with E-state index >= 15 is 0 Å². The molecule has 2 aromatic rings. The van der Waals surface area contributed by atoms with E-state index in [-0.39, 0.29) is 12.2 Å². The van der Waals surface area contributed by atoms with Gasteiger partial charge in [-0.15, -0.1) is 0 Å². The summed E-state index contributed by atoms with van der Waals surface area (Å²) < 4.78 is 0. The van der Waals surface area contributed by atoms with Gasteiger partial charge in [-0.1, -0.05) is 41.9 Å². The van der Waals surface area contributed by atoms with Crippen LogP contribution in [0, 0.1) is 0 Å². The third-order valence-corrected chi connectivity index (χ3v) is 3.15. The first-order valence-corrected chi connectivity index (χ1v) is 6.53. The van der Waals surface area contributed by atoms with Crippen LogP contribution in [0.3, 0.4) is 0 Å². The molecule has 0 heterocycles. The topological polar surface area (TPSA) is 37.3 Å². The largest absolute Gasteiger partial charge is 0.392 e. The number of hydrogen-bond acceptors (Lipinski definition) is 2. The normalized spacial score (nSPS) is 12.1. The molecule has 0 saturated carbocycles. The van der Waals surface area contributed by atoms with E-state index in [0.717, 1.165) is 5.56 Å². The number of rotatable bonds is 5. The van der Waals surface area contributed by atoms with Crippen LogP contribution in [-0.2, 0) is 6.42 Å². The molecule has 19 heavy (non-hydrogen) atoms. The molecule has 0 amide bonds. The minimum Gasteiger partial charge on any atom is -0.392 e. The Morgan fingerprint density at radius 3 is 2.32 bits per heavy atom. The molecule has 3 heteroatoms. The molecule has 0 radical (unpaired) electrons. The highest BCUT2D eigenvalue weighted by molar-refractivity contribution is 6.30. The van der Waals surface area contributed by atoms with E-state index in [2.05, 4.69) is 0 Å². The first-order chi connectivity index (χ1) is 9.15. The maximum absolute atomic E-state index is 12.0. The molecule has 1 N–H and O–H groups in total. The van der Waals surface area contributed by atoms with Crippen LogP contribution >= 0.6 is 11.6 Å². The van der Waals surface area contributed by atoms with Gasteiger partial charge in [0.25, 0.3) is 0 Å². The van der Waals surface area contributed by atoms with Gasteiger partial charge in [0.15, 0.2) is 5.78 Å². The van der Waals surface area contributed by atoms with Gasteiger partial charge in [-0.3, -0.25) is 4.79 Å². The summed E-state index contributed by atoms with van der Waals surface area (Å²) in [6.45, 7) is 0. The van der Waals surface area contributed by atoms with Crippen LogP contribution in [0.15, 0.2) is 54.6 Å². The average molecular weight is 275 g/mol. The Bertz CT molecular complexity index is 534. The molecule has 0 fully saturated rings. The fourth-order valence-corrected chi connectivity index (χ4v) is 2.05. The van der Waals surface area contributed by atoms with Crippen LogP contribution in [0.2, 0.25) is 5.02 Å². The summed E-state index contributed by atoms with van der Waals surface area (Å²) in [4.78, 5) is 12.0. The number of aliphatic hydroxyl groups excluding tert-OH is 1. The lowest BCUT2D eigenvalue weighted by Gasteiger charge is -2.10. The van der Waals surface area contributed by atoms with E-state index in [9.17, 15) is 9.90 Å². The standard InChI is InChI=1S/C16H15ClO2/c17-14-8-6-13(7-9-14)16(19)11-15(18)10-12-4-2-1-3-5-12/h1-9,15,18H,10-11H2. The van der Waals surface area contributed by atoms with Gasteiger partial charge in [0, 0.05) is 17.0 Å². The first kappa shape index (κ1) is 13.8. The zero-order chi connectivity index (χ0) is 13.7. The van der Waals surface area contributed by atoms with Gasteiger partial charge in [-0.05, 0) is 36.2 Å². The Morgan fingerprint density at radius 1 is 1.05 bits per heavy atom. The van der Waals surface area contributed by atoms with Gasteiger partial charge in [0.2, 0.25) is 0 Å². The molecule has 0 aliphatic carbocycles. The highest BCUT2D eigenvalue weighted by Gasteiger charge is 2.13. The molecule has 1 atom stereocenters. The number of carbonyl (C=O) groups is 1. The monoisotopic (exact) mass is 274 g/mol. The van der Waals surface area contributed by atoms with E-state index in [1.807, 2.05) is 30.3 Å². The molecule has 0 bridgehead atoms. The van der Waals surface area contributed by atoms with Crippen molar-refractivity contribution in [2.75, 3.05) is 0 Å². The minimum absolute atomic E-state index is 0.0694. The van der Waals surface area contributed by atoms with Gasteiger partial charge in [0.1, 0.15) is 0 Å². The number of hydrogen-bond donors (Lipinski definition) is 1. The van der Waals surface area contributed by atoms with Crippen LogP contribution in [0.5, 0.6) is 0 Å². The number of aliphatic hydroxyl groups is 1. The lowest BCUT2D eigenvalue weighted by Crippen LogP contribution is -2.16. The Kier molecular flexibility index (Phi) is 4.72. The molecular weight excluding hydrogens is 260 g/mol. The Labute approximate surface area is 117 Å². The lowest BCUT2D eigenvalue weighted by atomic mass is 10.0. The van der Waals surface area contributed by atoms with Crippen LogP contribution in [0.4, 0.5) is 0 Å². The average Bonchev–Trinajstić information content (AvgIpc) is 2.40. The smallest absolute Gasteiger partial charge is 0.165 e. The predicted molar refractivity (Wildman–Crippen MR) is 76.6 cm³/mol. The van der Waals surface area contributed by atoms with Crippen molar-refractivity contribution in [2.24, 2.45) is 0 Å². The summed E-state index contributed by atoms with van der Waals surface area (Å²) in [6, 6.07) is 16.4. The number of Topliss-reactive ketones (excluding diaryl/α,β-unsaturated/α-hetero) is 1. The number of benzene rings is 2. The van der Waals surface area contributed by atoms with Gasteiger partial charge in [-0.25, -0.2) is 0 Å². The second-order valence-corrected chi connectivity index (χ2v) is 4.91. The first-order valence-electron chi connectivity index (χ1n) is 6.16. The van der Waals surface area contributed by atoms with E-state index in [0.29, 0.717) is 17.0 Å². The molecule has 2 aromatic carbocycles. The quantitative estimate of drug-likeness (QED) is 0.847. The van der Waals surface area contributed by atoms with Gasteiger partial charge >= 0.3 is 0 Å². The van der Waals surface area contributed by atoms with Gasteiger partial charge in [-0.2, -0.15) is 0 Å². The van der Waals surface area contributed by atoms with Crippen LogP contribution < -0.4 is 0 Å². The molecule has 0 saturated heterocycles. The van der Waals surface area contributed by atoms with Crippen LogP contribution in [0.1, 0.15) is 22.3 Å². The molecule has 1 unspecified atom stereocenters. The van der Waals surface area contributed by atoms with Crippen molar-refractivity contribution in [1.29, 1.82) is 0 Å². The zero-order valence-corrected chi connectivity index (χ0v) is 11.2. The Hall–Kier alpha value is -1.64. The maximum atomic E-state index is 12.0. The Morgan fingerprint density at radius 2 is 1.68 bits per heavy atom. The third kappa shape index (κ3) is 4.19. The number of ketones is 1. The fourth-order valence-electron chi connectivity index (χ4n) is 1.93. The molecular formula is C16H15ClO2. The molecule has 0 aliphatic heterocycles. The Balaban J connectivity index is 1.93. The summed E-state index contributed by atoms with van der Waals surface area (Å²) >= 11 is 5.77. The molecule has 2 rings (SSSR count). The zero-order valence-electron chi connectivity index (χ0n) is 10.4. The second kappa shape index (κ2) is 6.50. The number of halogens is 1. The molecule has 0 aromatic heterocycles. The summed E-state index contributed by atoms with van der Waals surface area (Å²) in [5.74, 6) is -0.0694. The summed E-state index contributed by atoms with van der Waals surface area (Å²) in [5.41, 5.74) is 1.61. The van der Waals surface area contributed by atoms with E-state index in [1.54, 1.807) is 24.3 Å². The lowest BCUT2D eigenvalue weighted by molar-refractivity contribution is 0.0881. The third-order valence-electron chi connectivity index (χ3n) is 2.90. The summed E-state index contributed by atoms with van der Waals surface area (Å²) in [7, 11) is 0. The van der Waals surface area contributed by atoms with Crippen molar-refractivity contribution >= 4 is 17.4 Å². The van der Waals surface area contributed by atoms with Crippen LogP contribution in [0.25, 0.3) is 0 Å². The van der Waals surface area contributed by atoms with Crippen molar-refractivity contribution in [3.8, 4) is 0 Å². The summed E-state index contributed by atoms with van der Waals surface area (Å²) in [6.07, 6.45) is -0.0537. The van der Waals surface area contributed by atoms with Crippen molar-refractivity contribution in [3.05, 3.63) is 70.7 Å². The molecule has 0 spiro atoms. The minimum atomic E-state index is -0.662. The van der Waals surface area contributed by atoms with Crippen molar-refractivity contribution < 1.29 is 9.90 Å². The van der Waals surface area contributed by atoms with Crippen molar-refractivity contribution in [2.45, 2.75) is 18.9 Å². The molecule has 2 nitrogen and oxygen atoms in total. The summed E-state index contributed by atoms with van der Waals surface area (Å²) in [5, 5.41) is 10.5. The predicted octanol–water partition coefficient (Wildman–Crippen LogP) is 3.52. The second-order valence-electron chi connectivity index (χ2n) is 4.48. The van der Waals surface area contributed by atoms with Gasteiger partial charge in [0.05, 0.1) is 6.10 Å². The number of carbonyl (C=O) groups excluding carboxylic acids is 1. The SMILES string of the molecule is O=C(CC(O)Cc1ccccc1)c1ccc(Cl)cc1. The van der Waals surface area contributed by atoms with Crippen molar-refractivity contribution in [1.82, 2.24) is 0 Å². The van der Waals surface area contributed by atoms with E-state index < -0.39 is 6.10 Å².